The van der Waals surface area contributed by atoms with Crippen molar-refractivity contribution in [3.8, 4) is 5.69 Å². The molecule has 0 unspecified atom stereocenters. The predicted molar refractivity (Wildman–Crippen MR) is 157 cm³/mol. The second kappa shape index (κ2) is 11.2. The van der Waals surface area contributed by atoms with Crippen molar-refractivity contribution in [1.82, 2.24) is 15.1 Å². The fourth-order valence-electron chi connectivity index (χ4n) is 5.27. The average Bonchev–Trinajstić information content (AvgIpc) is 3.52. The number of carbonyl (C=O) groups excluding carboxylic acids is 2. The highest BCUT2D eigenvalue weighted by atomic mass is 32.2. The molecule has 0 radical (unpaired) electrons. The van der Waals surface area contributed by atoms with Crippen molar-refractivity contribution in [1.29, 1.82) is 0 Å². The highest BCUT2D eigenvalue weighted by molar-refractivity contribution is 8.00. The monoisotopic (exact) mass is 546 g/mol. The van der Waals surface area contributed by atoms with Crippen LogP contribution in [0.1, 0.15) is 66.8 Å². The first-order valence-electron chi connectivity index (χ1n) is 13.7. The predicted octanol–water partition coefficient (Wildman–Crippen LogP) is 5.25. The molecule has 5 rings (SSSR count). The lowest BCUT2D eigenvalue weighted by atomic mass is 9.87. The molecule has 206 valence electrons. The molecule has 2 aromatic carbocycles. The minimum atomic E-state index is -0.288. The standard InChI is InChI=1S/C31H38N4O3S/c1-20-11-13-23(14-12-20)35-30-27(29(33-35)31(3,4)5)28(22-9-6-8-21(2)16-22)39-19-26(37)34(30)18-25(36)32-17-24-10-7-15-38-24/h6,8-9,11-14,16,24,28H,7,10,15,17-19H2,1-5H3,(H,32,36)/t24-,28+/m1/s1. The van der Waals surface area contributed by atoms with Crippen molar-refractivity contribution in [3.05, 3.63) is 76.5 Å². The summed E-state index contributed by atoms with van der Waals surface area (Å²) in [5.74, 6) is 0.650. The largest absolute Gasteiger partial charge is 0.376 e. The van der Waals surface area contributed by atoms with E-state index in [0.717, 1.165) is 47.5 Å². The Labute approximate surface area is 235 Å². The third-order valence-corrected chi connectivity index (χ3v) is 8.53. The van der Waals surface area contributed by atoms with E-state index in [9.17, 15) is 9.59 Å². The molecule has 0 bridgehead atoms. The Hall–Kier alpha value is -3.10. The van der Waals surface area contributed by atoms with Gasteiger partial charge in [0.05, 0.1) is 28.5 Å². The molecule has 39 heavy (non-hydrogen) atoms. The number of anilines is 1. The van der Waals surface area contributed by atoms with Crippen molar-refractivity contribution in [2.75, 3.05) is 30.3 Å². The van der Waals surface area contributed by atoms with Crippen LogP contribution in [0.25, 0.3) is 5.69 Å². The van der Waals surface area contributed by atoms with Crippen LogP contribution in [0.3, 0.4) is 0 Å². The van der Waals surface area contributed by atoms with Crippen LogP contribution in [0, 0.1) is 13.8 Å². The van der Waals surface area contributed by atoms with Gasteiger partial charge in [0.1, 0.15) is 12.4 Å². The maximum Gasteiger partial charge on any atom is 0.240 e. The van der Waals surface area contributed by atoms with Crippen LogP contribution in [0.15, 0.2) is 48.5 Å². The molecule has 1 aromatic heterocycles. The first-order chi connectivity index (χ1) is 18.6. The zero-order valence-electron chi connectivity index (χ0n) is 23.5. The molecule has 2 aliphatic rings. The number of hydrogen-bond donors (Lipinski definition) is 1. The summed E-state index contributed by atoms with van der Waals surface area (Å²) in [7, 11) is 0. The summed E-state index contributed by atoms with van der Waals surface area (Å²) in [6, 6.07) is 16.6. The zero-order valence-corrected chi connectivity index (χ0v) is 24.3. The maximum absolute atomic E-state index is 13.8. The molecule has 2 aliphatic heterocycles. The Morgan fingerprint density at radius 1 is 1.13 bits per heavy atom. The summed E-state index contributed by atoms with van der Waals surface area (Å²) in [6.07, 6.45) is 1.99. The quantitative estimate of drug-likeness (QED) is 0.457. The molecule has 2 atom stereocenters. The van der Waals surface area contributed by atoms with Crippen LogP contribution < -0.4 is 10.2 Å². The van der Waals surface area contributed by atoms with Crippen LogP contribution in [0.4, 0.5) is 5.82 Å². The molecule has 2 amide bonds. The summed E-state index contributed by atoms with van der Waals surface area (Å²) in [6.45, 7) is 11.7. The van der Waals surface area contributed by atoms with E-state index in [4.69, 9.17) is 9.84 Å². The van der Waals surface area contributed by atoms with E-state index in [1.165, 1.54) is 5.56 Å². The highest BCUT2D eigenvalue weighted by Gasteiger charge is 2.40. The zero-order chi connectivity index (χ0) is 27.7. The third kappa shape index (κ3) is 5.92. The second-order valence-electron chi connectivity index (χ2n) is 11.6. The molecule has 1 N–H and O–H groups in total. The lowest BCUT2D eigenvalue weighted by Gasteiger charge is -2.25. The number of fused-ring (bicyclic) bond motifs is 1. The summed E-state index contributed by atoms with van der Waals surface area (Å²) < 4.78 is 7.55. The normalized spacial score (nSPS) is 19.6. The molecule has 7 nitrogen and oxygen atoms in total. The molecule has 8 heteroatoms. The van der Waals surface area contributed by atoms with E-state index < -0.39 is 0 Å². The summed E-state index contributed by atoms with van der Waals surface area (Å²) in [5, 5.41) is 8.07. The number of hydrogen-bond acceptors (Lipinski definition) is 5. The van der Waals surface area contributed by atoms with E-state index in [0.29, 0.717) is 12.4 Å². The minimum Gasteiger partial charge on any atom is -0.376 e. The van der Waals surface area contributed by atoms with Gasteiger partial charge in [0.2, 0.25) is 11.8 Å². The number of amides is 2. The van der Waals surface area contributed by atoms with Gasteiger partial charge in [-0.2, -0.15) is 5.10 Å². The topological polar surface area (TPSA) is 76.5 Å². The first kappa shape index (κ1) is 27.5. The van der Waals surface area contributed by atoms with Gasteiger partial charge in [-0.25, -0.2) is 4.68 Å². The lowest BCUT2D eigenvalue weighted by Crippen LogP contribution is -2.44. The van der Waals surface area contributed by atoms with E-state index in [1.54, 1.807) is 16.7 Å². The van der Waals surface area contributed by atoms with E-state index >= 15 is 0 Å². The number of carbonyl (C=O) groups is 2. The third-order valence-electron chi connectivity index (χ3n) is 7.28. The molecule has 0 saturated carbocycles. The SMILES string of the molecule is Cc1ccc(-n2nc(C(C)(C)C)c3c2N(CC(=O)NC[C@H]2CCCO2)C(=O)CS[C@H]3c2cccc(C)c2)cc1. The van der Waals surface area contributed by atoms with Gasteiger partial charge in [0, 0.05) is 24.1 Å². The van der Waals surface area contributed by atoms with Gasteiger partial charge in [-0.3, -0.25) is 14.5 Å². The van der Waals surface area contributed by atoms with E-state index in [2.05, 4.69) is 57.3 Å². The Morgan fingerprint density at radius 2 is 1.90 bits per heavy atom. The number of benzene rings is 2. The maximum atomic E-state index is 13.8. The Morgan fingerprint density at radius 3 is 2.56 bits per heavy atom. The second-order valence-corrected chi connectivity index (χ2v) is 12.7. The van der Waals surface area contributed by atoms with Crippen molar-refractivity contribution < 1.29 is 14.3 Å². The van der Waals surface area contributed by atoms with Crippen molar-refractivity contribution in [2.24, 2.45) is 0 Å². The fourth-order valence-corrected chi connectivity index (χ4v) is 6.46. The number of rotatable bonds is 6. The van der Waals surface area contributed by atoms with Crippen molar-refractivity contribution in [3.63, 3.8) is 0 Å². The molecule has 1 fully saturated rings. The number of aryl methyl sites for hydroxylation is 2. The Balaban J connectivity index is 1.65. The molecule has 0 aliphatic carbocycles. The minimum absolute atomic E-state index is 0.0381. The molecular formula is C31H38N4O3S. The van der Waals surface area contributed by atoms with Crippen molar-refractivity contribution >= 4 is 29.4 Å². The van der Waals surface area contributed by atoms with Crippen LogP contribution in [-0.2, 0) is 19.7 Å². The fraction of sp³-hybridized carbons (Fsp3) is 0.452. The summed E-state index contributed by atoms with van der Waals surface area (Å²) in [5.41, 5.74) is 5.94. The number of nitrogens with zero attached hydrogens (tertiary/aromatic N) is 3. The molecule has 0 spiro atoms. The van der Waals surface area contributed by atoms with Gasteiger partial charge in [-0.1, -0.05) is 68.3 Å². The number of aromatic nitrogens is 2. The van der Waals surface area contributed by atoms with Gasteiger partial charge < -0.3 is 10.1 Å². The molecule has 1 saturated heterocycles. The van der Waals surface area contributed by atoms with Gasteiger partial charge in [-0.05, 0) is 44.4 Å². The number of thioether (sulfide) groups is 1. The lowest BCUT2D eigenvalue weighted by molar-refractivity contribution is -0.123. The smallest absolute Gasteiger partial charge is 0.240 e. The van der Waals surface area contributed by atoms with Gasteiger partial charge >= 0.3 is 0 Å². The summed E-state index contributed by atoms with van der Waals surface area (Å²) in [4.78, 5) is 28.6. The Kier molecular flexibility index (Phi) is 7.87. The van der Waals surface area contributed by atoms with Crippen LogP contribution in [0.2, 0.25) is 0 Å². The van der Waals surface area contributed by atoms with Gasteiger partial charge in [0.25, 0.3) is 0 Å². The van der Waals surface area contributed by atoms with Crippen molar-refractivity contribution in [2.45, 2.75) is 64.2 Å². The summed E-state index contributed by atoms with van der Waals surface area (Å²) >= 11 is 1.61. The van der Waals surface area contributed by atoms with Gasteiger partial charge in [0.15, 0.2) is 0 Å². The molecule has 3 aromatic rings. The molecule has 3 heterocycles. The van der Waals surface area contributed by atoms with Crippen LogP contribution in [0.5, 0.6) is 0 Å². The first-order valence-corrected chi connectivity index (χ1v) is 14.7. The molecular weight excluding hydrogens is 508 g/mol. The van der Waals surface area contributed by atoms with Crippen LogP contribution in [-0.4, -0.2) is 53.1 Å². The number of nitrogens with one attached hydrogen (secondary N) is 1. The average molecular weight is 547 g/mol. The Bertz CT molecular complexity index is 1350. The van der Waals surface area contributed by atoms with Crippen LogP contribution >= 0.6 is 11.8 Å². The number of ether oxygens (including phenoxy) is 1. The highest BCUT2D eigenvalue weighted by Crippen LogP contribution is 2.48. The van der Waals surface area contributed by atoms with E-state index in [1.807, 2.05) is 35.9 Å². The van der Waals surface area contributed by atoms with Gasteiger partial charge in [-0.15, -0.1) is 11.8 Å². The van der Waals surface area contributed by atoms with E-state index in [-0.39, 0.29) is 40.9 Å².